The standard InChI is InChI=1S/C12H9Cl2NOS2/c1-2-15-11(16)10(18-12(15)17)5-7-3-8(13)6-9(14)4-7/h3-6H,2H2,1H3. The largest absolute Gasteiger partial charge is 0.293 e. The van der Waals surface area contributed by atoms with Crippen LogP contribution in [0.4, 0.5) is 0 Å². The summed E-state index contributed by atoms with van der Waals surface area (Å²) in [4.78, 5) is 14.2. The van der Waals surface area contributed by atoms with Crippen LogP contribution >= 0.6 is 47.2 Å². The number of hydrogen-bond donors (Lipinski definition) is 0. The van der Waals surface area contributed by atoms with Crippen molar-refractivity contribution in [3.8, 4) is 0 Å². The molecule has 1 aliphatic rings. The number of halogens is 2. The maximum atomic E-state index is 12.0. The quantitative estimate of drug-likeness (QED) is 0.602. The molecule has 1 aromatic rings. The SMILES string of the molecule is CCN1C(=O)C(=Cc2cc(Cl)cc(Cl)c2)SC1=S. The summed E-state index contributed by atoms with van der Waals surface area (Å²) in [6.07, 6.45) is 1.76. The number of hydrogen-bond acceptors (Lipinski definition) is 3. The van der Waals surface area contributed by atoms with E-state index in [1.165, 1.54) is 11.8 Å². The molecule has 1 fully saturated rings. The number of thioether (sulfide) groups is 1. The lowest BCUT2D eigenvalue weighted by atomic mass is 10.2. The van der Waals surface area contributed by atoms with Crippen LogP contribution in [0.1, 0.15) is 12.5 Å². The van der Waals surface area contributed by atoms with Gasteiger partial charge < -0.3 is 0 Å². The van der Waals surface area contributed by atoms with E-state index in [2.05, 4.69) is 0 Å². The van der Waals surface area contributed by atoms with Crippen molar-refractivity contribution >= 4 is 63.5 Å². The zero-order chi connectivity index (χ0) is 13.3. The third-order valence-corrected chi connectivity index (χ3v) is 4.19. The molecule has 1 saturated heterocycles. The fourth-order valence-corrected chi connectivity index (χ4v) is 3.51. The third kappa shape index (κ3) is 2.88. The van der Waals surface area contributed by atoms with Gasteiger partial charge in [-0.15, -0.1) is 0 Å². The fourth-order valence-electron chi connectivity index (χ4n) is 1.58. The van der Waals surface area contributed by atoms with Crippen molar-refractivity contribution in [1.82, 2.24) is 4.90 Å². The van der Waals surface area contributed by atoms with Crippen molar-refractivity contribution in [3.63, 3.8) is 0 Å². The van der Waals surface area contributed by atoms with Crippen LogP contribution in [0, 0.1) is 0 Å². The van der Waals surface area contributed by atoms with Crippen LogP contribution in [0.5, 0.6) is 0 Å². The average Bonchev–Trinajstić information content (AvgIpc) is 2.52. The third-order valence-electron chi connectivity index (χ3n) is 2.37. The van der Waals surface area contributed by atoms with Gasteiger partial charge in [-0.1, -0.05) is 47.2 Å². The minimum atomic E-state index is -0.0661. The summed E-state index contributed by atoms with van der Waals surface area (Å²) < 4.78 is 0.585. The predicted molar refractivity (Wildman–Crippen MR) is 82.0 cm³/mol. The van der Waals surface area contributed by atoms with Crippen LogP contribution in [0.2, 0.25) is 10.0 Å². The number of carbonyl (C=O) groups is 1. The van der Waals surface area contributed by atoms with Crippen LogP contribution in [0.25, 0.3) is 6.08 Å². The molecular formula is C12H9Cl2NOS2. The van der Waals surface area contributed by atoms with E-state index in [1.54, 1.807) is 29.2 Å². The first kappa shape index (κ1) is 13.9. The highest BCUT2D eigenvalue weighted by Crippen LogP contribution is 2.33. The summed E-state index contributed by atoms with van der Waals surface area (Å²) in [6, 6.07) is 5.16. The Labute approximate surface area is 125 Å². The maximum absolute atomic E-state index is 12.0. The van der Waals surface area contributed by atoms with E-state index in [4.69, 9.17) is 35.4 Å². The van der Waals surface area contributed by atoms with E-state index in [0.29, 0.717) is 25.8 Å². The van der Waals surface area contributed by atoms with Gasteiger partial charge in [-0.3, -0.25) is 9.69 Å². The van der Waals surface area contributed by atoms with E-state index in [9.17, 15) is 4.79 Å². The molecule has 0 spiro atoms. The summed E-state index contributed by atoms with van der Waals surface area (Å²) in [5.41, 5.74) is 0.795. The van der Waals surface area contributed by atoms with Gasteiger partial charge in [0, 0.05) is 16.6 Å². The average molecular weight is 318 g/mol. The Morgan fingerprint density at radius 3 is 2.44 bits per heavy atom. The molecule has 0 bridgehead atoms. The monoisotopic (exact) mass is 317 g/mol. The van der Waals surface area contributed by atoms with E-state index >= 15 is 0 Å². The molecule has 0 radical (unpaired) electrons. The molecule has 2 nitrogen and oxygen atoms in total. The van der Waals surface area contributed by atoms with Gasteiger partial charge in [-0.2, -0.15) is 0 Å². The van der Waals surface area contributed by atoms with Crippen molar-refractivity contribution in [2.45, 2.75) is 6.92 Å². The van der Waals surface area contributed by atoms with Gasteiger partial charge in [-0.25, -0.2) is 0 Å². The van der Waals surface area contributed by atoms with E-state index in [-0.39, 0.29) is 5.91 Å². The summed E-state index contributed by atoms with van der Waals surface area (Å²) in [7, 11) is 0. The van der Waals surface area contributed by atoms with Crippen LogP contribution in [0.15, 0.2) is 23.1 Å². The number of amides is 1. The normalized spacial score (nSPS) is 17.9. The van der Waals surface area contributed by atoms with Gasteiger partial charge in [0.2, 0.25) is 0 Å². The minimum absolute atomic E-state index is 0.0661. The minimum Gasteiger partial charge on any atom is -0.293 e. The van der Waals surface area contributed by atoms with E-state index in [1.807, 2.05) is 6.92 Å². The molecule has 1 amide bonds. The fraction of sp³-hybridized carbons (Fsp3) is 0.167. The van der Waals surface area contributed by atoms with Gasteiger partial charge in [-0.05, 0) is 36.8 Å². The van der Waals surface area contributed by atoms with E-state index in [0.717, 1.165) is 5.56 Å². The molecule has 0 atom stereocenters. The second-order valence-corrected chi connectivity index (χ2v) is 6.18. The molecule has 0 saturated carbocycles. The van der Waals surface area contributed by atoms with Crippen molar-refractivity contribution in [3.05, 3.63) is 38.7 Å². The van der Waals surface area contributed by atoms with Crippen molar-refractivity contribution in [2.24, 2.45) is 0 Å². The second-order valence-electron chi connectivity index (χ2n) is 3.63. The summed E-state index contributed by atoms with van der Waals surface area (Å²) in [5, 5.41) is 1.08. The highest BCUT2D eigenvalue weighted by atomic mass is 35.5. The number of nitrogens with zero attached hydrogens (tertiary/aromatic N) is 1. The van der Waals surface area contributed by atoms with Crippen LogP contribution < -0.4 is 0 Å². The van der Waals surface area contributed by atoms with E-state index < -0.39 is 0 Å². The topological polar surface area (TPSA) is 20.3 Å². The molecule has 0 N–H and O–H groups in total. The van der Waals surface area contributed by atoms with Crippen LogP contribution in [0.3, 0.4) is 0 Å². The van der Waals surface area contributed by atoms with Crippen molar-refractivity contribution in [2.75, 3.05) is 6.54 Å². The second kappa shape index (κ2) is 5.61. The lowest BCUT2D eigenvalue weighted by Crippen LogP contribution is -2.27. The van der Waals surface area contributed by atoms with Crippen molar-refractivity contribution < 1.29 is 4.79 Å². The Morgan fingerprint density at radius 2 is 1.94 bits per heavy atom. The number of carbonyl (C=O) groups excluding carboxylic acids is 1. The van der Waals surface area contributed by atoms with Gasteiger partial charge in [0.05, 0.1) is 4.91 Å². The highest BCUT2D eigenvalue weighted by molar-refractivity contribution is 8.26. The predicted octanol–water partition coefficient (Wildman–Crippen LogP) is 4.21. The Morgan fingerprint density at radius 1 is 1.33 bits per heavy atom. The molecule has 94 valence electrons. The van der Waals surface area contributed by atoms with Crippen LogP contribution in [-0.2, 0) is 4.79 Å². The molecule has 6 heteroatoms. The molecule has 2 rings (SSSR count). The molecule has 1 aromatic carbocycles. The summed E-state index contributed by atoms with van der Waals surface area (Å²) in [6.45, 7) is 2.47. The molecule has 0 aromatic heterocycles. The lowest BCUT2D eigenvalue weighted by molar-refractivity contribution is -0.121. The van der Waals surface area contributed by atoms with Crippen molar-refractivity contribution in [1.29, 1.82) is 0 Å². The molecule has 18 heavy (non-hydrogen) atoms. The maximum Gasteiger partial charge on any atom is 0.266 e. The number of thiocarbonyl (C=S) groups is 1. The number of rotatable bonds is 2. The first-order valence-corrected chi connectivity index (χ1v) is 7.21. The highest BCUT2D eigenvalue weighted by Gasteiger charge is 2.30. The summed E-state index contributed by atoms with van der Waals surface area (Å²) >= 11 is 18.3. The summed E-state index contributed by atoms with van der Waals surface area (Å²) in [5.74, 6) is -0.0661. The van der Waals surface area contributed by atoms with Gasteiger partial charge in [0.25, 0.3) is 5.91 Å². The zero-order valence-corrected chi connectivity index (χ0v) is 12.6. The van der Waals surface area contributed by atoms with Crippen LogP contribution in [-0.4, -0.2) is 21.7 Å². The zero-order valence-electron chi connectivity index (χ0n) is 9.44. The Hall–Kier alpha value is -0.550. The first-order chi connectivity index (χ1) is 8.51. The molecular weight excluding hydrogens is 309 g/mol. The van der Waals surface area contributed by atoms with Gasteiger partial charge in [0.15, 0.2) is 0 Å². The molecule has 1 aliphatic heterocycles. The molecule has 0 unspecified atom stereocenters. The smallest absolute Gasteiger partial charge is 0.266 e. The Balaban J connectivity index is 2.34. The lowest BCUT2D eigenvalue weighted by Gasteiger charge is -2.09. The first-order valence-electron chi connectivity index (χ1n) is 5.22. The van der Waals surface area contributed by atoms with Gasteiger partial charge >= 0.3 is 0 Å². The van der Waals surface area contributed by atoms with Gasteiger partial charge in [0.1, 0.15) is 4.32 Å². The number of benzene rings is 1. The Bertz CT molecular complexity index is 537. The Kier molecular flexibility index (Phi) is 4.33. The molecule has 1 heterocycles. The molecule has 0 aliphatic carbocycles. The number of likely N-dealkylation sites (N-methyl/N-ethyl adjacent to an activating group) is 1.